The van der Waals surface area contributed by atoms with Gasteiger partial charge in [0.15, 0.2) is 0 Å². The highest BCUT2D eigenvalue weighted by Gasteiger charge is 2.15. The molecule has 1 aromatic carbocycles. The van der Waals surface area contributed by atoms with Gasteiger partial charge in [-0.2, -0.15) is 0 Å². The Hall–Kier alpha value is -0.820. The Bertz CT molecular complexity index is 332. The maximum absolute atomic E-state index is 3.44. The van der Waals surface area contributed by atoms with Gasteiger partial charge >= 0.3 is 0 Å². The minimum absolute atomic E-state index is 0.414. The lowest BCUT2D eigenvalue weighted by Gasteiger charge is -2.23. The van der Waals surface area contributed by atoms with Crippen LogP contribution in [0.4, 0.5) is 0 Å². The van der Waals surface area contributed by atoms with Gasteiger partial charge in [0.05, 0.1) is 0 Å². The van der Waals surface area contributed by atoms with Gasteiger partial charge in [-0.25, -0.2) is 0 Å². The molecule has 18 heavy (non-hydrogen) atoms. The molecule has 1 heteroatoms. The smallest absolute Gasteiger partial charge is 0.0317 e. The van der Waals surface area contributed by atoms with Crippen molar-refractivity contribution >= 4 is 0 Å². The van der Waals surface area contributed by atoms with Crippen LogP contribution in [0.3, 0.4) is 0 Å². The first-order valence-corrected chi connectivity index (χ1v) is 7.22. The van der Waals surface area contributed by atoms with E-state index in [2.05, 4.69) is 64.3 Å². The van der Waals surface area contributed by atoms with Crippen LogP contribution in [-0.4, -0.2) is 7.05 Å². The molecule has 1 unspecified atom stereocenters. The van der Waals surface area contributed by atoms with E-state index in [1.54, 1.807) is 0 Å². The van der Waals surface area contributed by atoms with Crippen molar-refractivity contribution in [1.82, 2.24) is 5.32 Å². The van der Waals surface area contributed by atoms with E-state index in [1.165, 1.54) is 36.8 Å². The van der Waals surface area contributed by atoms with E-state index < -0.39 is 0 Å². The zero-order valence-electron chi connectivity index (χ0n) is 12.7. The molecule has 0 spiro atoms. The Morgan fingerprint density at radius 1 is 1.11 bits per heavy atom. The summed E-state index contributed by atoms with van der Waals surface area (Å²) in [6.07, 6.45) is 4.85. The van der Waals surface area contributed by atoms with Gasteiger partial charge in [0.1, 0.15) is 0 Å². The molecular formula is C17H29N. The maximum Gasteiger partial charge on any atom is 0.0317 e. The highest BCUT2D eigenvalue weighted by Crippen LogP contribution is 2.27. The second kappa shape index (κ2) is 6.94. The van der Waals surface area contributed by atoms with E-state index in [4.69, 9.17) is 0 Å². The average Bonchev–Trinajstić information content (AvgIpc) is 2.31. The second-order valence-corrected chi connectivity index (χ2v) is 6.43. The topological polar surface area (TPSA) is 12.0 Å². The van der Waals surface area contributed by atoms with Crippen molar-refractivity contribution in [3.63, 3.8) is 0 Å². The molecule has 1 atom stereocenters. The first kappa shape index (κ1) is 15.2. The molecule has 0 saturated heterocycles. The molecule has 0 heterocycles. The van der Waals surface area contributed by atoms with Crippen LogP contribution < -0.4 is 5.32 Å². The maximum atomic E-state index is 3.44. The van der Waals surface area contributed by atoms with Crippen LogP contribution in [0, 0.1) is 5.41 Å². The summed E-state index contributed by atoms with van der Waals surface area (Å²) in [5.41, 5.74) is 3.28. The third-order valence-electron chi connectivity index (χ3n) is 3.45. The Balaban J connectivity index is 2.64. The van der Waals surface area contributed by atoms with Crippen LogP contribution in [0.1, 0.15) is 64.1 Å². The van der Waals surface area contributed by atoms with E-state index in [0.717, 1.165) is 0 Å². The van der Waals surface area contributed by atoms with Crippen molar-refractivity contribution in [2.75, 3.05) is 7.05 Å². The zero-order chi connectivity index (χ0) is 13.6. The minimum atomic E-state index is 0.414. The molecule has 1 aromatic rings. The lowest BCUT2D eigenvalue weighted by Crippen LogP contribution is -2.19. The highest BCUT2D eigenvalue weighted by molar-refractivity contribution is 5.25. The molecule has 0 aliphatic heterocycles. The third kappa shape index (κ3) is 5.22. The van der Waals surface area contributed by atoms with Crippen molar-refractivity contribution < 1.29 is 0 Å². The third-order valence-corrected chi connectivity index (χ3v) is 3.45. The van der Waals surface area contributed by atoms with Gasteiger partial charge in [-0.15, -0.1) is 0 Å². The molecular weight excluding hydrogens is 218 g/mol. The fourth-order valence-corrected chi connectivity index (χ4v) is 2.26. The van der Waals surface area contributed by atoms with E-state index in [0.29, 0.717) is 11.5 Å². The minimum Gasteiger partial charge on any atom is -0.313 e. The van der Waals surface area contributed by atoms with Gasteiger partial charge in [0, 0.05) is 6.04 Å². The highest BCUT2D eigenvalue weighted by atomic mass is 14.9. The lowest BCUT2D eigenvalue weighted by atomic mass is 9.87. The Morgan fingerprint density at radius 2 is 1.72 bits per heavy atom. The quantitative estimate of drug-likeness (QED) is 0.766. The Labute approximate surface area is 113 Å². The van der Waals surface area contributed by atoms with Crippen molar-refractivity contribution in [3.8, 4) is 0 Å². The molecule has 1 nitrogen and oxygen atoms in total. The summed E-state index contributed by atoms with van der Waals surface area (Å²) >= 11 is 0. The lowest BCUT2D eigenvalue weighted by molar-refractivity contribution is 0.338. The van der Waals surface area contributed by atoms with Crippen molar-refractivity contribution in [1.29, 1.82) is 0 Å². The number of aryl methyl sites for hydroxylation is 1. The first-order valence-electron chi connectivity index (χ1n) is 7.22. The van der Waals surface area contributed by atoms with Crippen LogP contribution in [0.5, 0.6) is 0 Å². The first-order chi connectivity index (χ1) is 8.46. The molecule has 0 aromatic heterocycles. The summed E-state index contributed by atoms with van der Waals surface area (Å²) in [7, 11) is 2.06. The van der Waals surface area contributed by atoms with Gasteiger partial charge in [0.2, 0.25) is 0 Å². The standard InChI is InChI=1S/C17H29N/c1-6-7-14-8-10-15(11-9-14)16(18-5)12-13-17(2,3)4/h8-11,16,18H,6-7,12-13H2,1-5H3. The average molecular weight is 247 g/mol. The summed E-state index contributed by atoms with van der Waals surface area (Å²) < 4.78 is 0. The summed E-state index contributed by atoms with van der Waals surface area (Å²) in [4.78, 5) is 0. The van der Waals surface area contributed by atoms with Crippen LogP contribution in [0.2, 0.25) is 0 Å². The molecule has 0 radical (unpaired) electrons. The van der Waals surface area contributed by atoms with Gasteiger partial charge < -0.3 is 5.32 Å². The molecule has 0 saturated carbocycles. The normalized spacial score (nSPS) is 13.6. The predicted molar refractivity (Wildman–Crippen MR) is 80.9 cm³/mol. The Morgan fingerprint density at radius 3 is 2.17 bits per heavy atom. The van der Waals surface area contributed by atoms with E-state index in [9.17, 15) is 0 Å². The van der Waals surface area contributed by atoms with Crippen molar-refractivity contribution in [2.45, 2.75) is 59.4 Å². The van der Waals surface area contributed by atoms with Crippen LogP contribution in [0.15, 0.2) is 24.3 Å². The van der Waals surface area contributed by atoms with Crippen LogP contribution in [-0.2, 0) is 6.42 Å². The van der Waals surface area contributed by atoms with Gasteiger partial charge in [-0.05, 0) is 42.9 Å². The monoisotopic (exact) mass is 247 g/mol. The molecule has 0 aliphatic carbocycles. The van der Waals surface area contributed by atoms with Gasteiger partial charge in [-0.3, -0.25) is 0 Å². The molecule has 0 amide bonds. The summed E-state index contributed by atoms with van der Waals surface area (Å²) in [5, 5.41) is 3.44. The van der Waals surface area contributed by atoms with Crippen LogP contribution >= 0.6 is 0 Å². The number of benzene rings is 1. The molecule has 102 valence electrons. The van der Waals surface area contributed by atoms with Crippen molar-refractivity contribution in [2.24, 2.45) is 5.41 Å². The second-order valence-electron chi connectivity index (χ2n) is 6.43. The van der Waals surface area contributed by atoms with E-state index in [1.807, 2.05) is 0 Å². The fourth-order valence-electron chi connectivity index (χ4n) is 2.26. The predicted octanol–water partition coefficient (Wildman–Crippen LogP) is 4.73. The summed E-state index contributed by atoms with van der Waals surface area (Å²) in [5.74, 6) is 0. The van der Waals surface area contributed by atoms with Gasteiger partial charge in [-0.1, -0.05) is 58.4 Å². The number of rotatable bonds is 6. The number of hydrogen-bond donors (Lipinski definition) is 1. The van der Waals surface area contributed by atoms with Crippen molar-refractivity contribution in [3.05, 3.63) is 35.4 Å². The van der Waals surface area contributed by atoms with Crippen LogP contribution in [0.25, 0.3) is 0 Å². The summed E-state index contributed by atoms with van der Waals surface area (Å²) in [6, 6.07) is 9.62. The largest absolute Gasteiger partial charge is 0.313 e. The fraction of sp³-hybridized carbons (Fsp3) is 0.647. The number of hydrogen-bond acceptors (Lipinski definition) is 1. The molecule has 1 N–H and O–H groups in total. The zero-order valence-corrected chi connectivity index (χ0v) is 12.7. The number of nitrogens with one attached hydrogen (secondary N) is 1. The van der Waals surface area contributed by atoms with Gasteiger partial charge in [0.25, 0.3) is 0 Å². The Kier molecular flexibility index (Phi) is 5.87. The van der Waals surface area contributed by atoms with E-state index in [-0.39, 0.29) is 0 Å². The van der Waals surface area contributed by atoms with E-state index >= 15 is 0 Å². The molecule has 0 bridgehead atoms. The summed E-state index contributed by atoms with van der Waals surface area (Å²) in [6.45, 7) is 9.16. The molecule has 0 aliphatic rings. The molecule has 0 fully saturated rings. The molecule has 1 rings (SSSR count). The SMILES string of the molecule is CCCc1ccc(C(CCC(C)(C)C)NC)cc1.